The fourth-order valence-electron chi connectivity index (χ4n) is 2.54. The highest BCUT2D eigenvalue weighted by molar-refractivity contribution is 8.04. The molecule has 0 radical (unpaired) electrons. The Morgan fingerprint density at radius 1 is 1.31 bits per heavy atom. The number of carbonyl (C=O) groups is 2. The van der Waals surface area contributed by atoms with Crippen LogP contribution in [0.1, 0.15) is 40.2 Å². The summed E-state index contributed by atoms with van der Waals surface area (Å²) in [6.45, 7) is 8.35. The van der Waals surface area contributed by atoms with Gasteiger partial charge >= 0.3 is 6.18 Å². The van der Waals surface area contributed by atoms with Crippen LogP contribution in [-0.2, 0) is 20.5 Å². The lowest BCUT2D eigenvalue weighted by atomic mass is 10.0. The molecular weight excluding hydrogens is 429 g/mol. The molecule has 2 rings (SSSR count). The number of nitrogens with zero attached hydrogens (tertiary/aromatic N) is 1. The third-order valence-corrected chi connectivity index (χ3v) is 5.79. The van der Waals surface area contributed by atoms with Crippen LogP contribution in [0.25, 0.3) is 0 Å². The van der Waals surface area contributed by atoms with Crippen LogP contribution in [0.2, 0.25) is 5.02 Å². The number of alkyl halides is 3. The SMILES string of the molecule is CC1=C(SC(C)C)C(=O)N(C(C)(C)C(=O)Nc2cc(C(F)(F)F)ccc2Cl)CO1. The Labute approximate surface area is 176 Å². The van der Waals surface area contributed by atoms with Crippen molar-refractivity contribution >= 4 is 40.9 Å². The second-order valence-electron chi connectivity index (χ2n) is 7.26. The number of ether oxygens (including phenoxy) is 1. The number of halogens is 4. The van der Waals surface area contributed by atoms with Crippen molar-refractivity contribution in [2.24, 2.45) is 0 Å². The maximum atomic E-state index is 13.0. The number of amides is 2. The van der Waals surface area contributed by atoms with E-state index in [1.807, 2.05) is 13.8 Å². The highest BCUT2D eigenvalue weighted by Gasteiger charge is 2.42. The van der Waals surface area contributed by atoms with Gasteiger partial charge in [-0.05, 0) is 39.0 Å². The molecule has 5 nitrogen and oxygen atoms in total. The van der Waals surface area contributed by atoms with E-state index >= 15 is 0 Å². The average molecular weight is 451 g/mol. The van der Waals surface area contributed by atoms with Crippen molar-refractivity contribution in [3.8, 4) is 0 Å². The molecule has 29 heavy (non-hydrogen) atoms. The first-order valence-corrected chi connectivity index (χ1v) is 10.0. The van der Waals surface area contributed by atoms with Gasteiger partial charge in [0.15, 0.2) is 6.73 Å². The monoisotopic (exact) mass is 450 g/mol. The summed E-state index contributed by atoms with van der Waals surface area (Å²) >= 11 is 7.28. The fourth-order valence-corrected chi connectivity index (χ4v) is 3.61. The van der Waals surface area contributed by atoms with Gasteiger partial charge in [0.1, 0.15) is 16.2 Å². The summed E-state index contributed by atoms with van der Waals surface area (Å²) < 4.78 is 44.5. The van der Waals surface area contributed by atoms with Gasteiger partial charge in [0, 0.05) is 5.25 Å². The molecule has 2 amide bonds. The first kappa shape index (κ1) is 23.4. The van der Waals surface area contributed by atoms with Crippen molar-refractivity contribution in [1.82, 2.24) is 4.90 Å². The number of nitrogens with one attached hydrogen (secondary N) is 1. The van der Waals surface area contributed by atoms with E-state index < -0.39 is 23.2 Å². The fraction of sp³-hybridized carbons (Fsp3) is 0.474. The second-order valence-corrected chi connectivity index (χ2v) is 9.26. The molecule has 0 atom stereocenters. The smallest absolute Gasteiger partial charge is 0.416 e. The molecule has 0 spiro atoms. The average Bonchev–Trinajstić information content (AvgIpc) is 2.58. The van der Waals surface area contributed by atoms with Crippen LogP contribution in [0.4, 0.5) is 18.9 Å². The largest absolute Gasteiger partial charge is 0.476 e. The van der Waals surface area contributed by atoms with Crippen molar-refractivity contribution < 1.29 is 27.5 Å². The molecular formula is C19H22ClF3N2O3S. The Bertz CT molecular complexity index is 854. The number of rotatable bonds is 5. The van der Waals surface area contributed by atoms with Crippen molar-refractivity contribution in [1.29, 1.82) is 0 Å². The maximum Gasteiger partial charge on any atom is 0.416 e. The van der Waals surface area contributed by atoms with E-state index in [0.717, 1.165) is 18.2 Å². The molecule has 1 heterocycles. The standard InChI is InChI=1S/C19H22ClF3N2O3S/c1-10(2)29-15-11(3)28-9-25(16(15)26)18(4,5)17(27)24-14-8-12(19(21,22)23)6-7-13(14)20/h6-8,10H,9H2,1-5H3,(H,24,27). The first-order chi connectivity index (χ1) is 13.2. The first-order valence-electron chi connectivity index (χ1n) is 8.75. The highest BCUT2D eigenvalue weighted by atomic mass is 35.5. The minimum atomic E-state index is -4.58. The van der Waals surface area contributed by atoms with Crippen molar-refractivity contribution in [2.45, 2.75) is 51.6 Å². The van der Waals surface area contributed by atoms with Gasteiger partial charge in [0.05, 0.1) is 16.3 Å². The Kier molecular flexibility index (Phi) is 6.84. The number of hydrogen-bond acceptors (Lipinski definition) is 4. The van der Waals surface area contributed by atoms with Crippen LogP contribution in [0.5, 0.6) is 0 Å². The van der Waals surface area contributed by atoms with E-state index in [1.165, 1.54) is 30.5 Å². The van der Waals surface area contributed by atoms with Crippen molar-refractivity contribution in [2.75, 3.05) is 12.0 Å². The summed E-state index contributed by atoms with van der Waals surface area (Å²) in [5, 5.41) is 2.48. The number of anilines is 1. The number of hydrogen-bond donors (Lipinski definition) is 1. The zero-order chi connectivity index (χ0) is 22.1. The van der Waals surface area contributed by atoms with Gasteiger partial charge in [0.25, 0.3) is 5.91 Å². The topological polar surface area (TPSA) is 58.6 Å². The Hall–Kier alpha value is -1.87. The van der Waals surface area contributed by atoms with E-state index in [1.54, 1.807) is 6.92 Å². The molecule has 0 aromatic heterocycles. The molecule has 0 unspecified atom stereocenters. The lowest BCUT2D eigenvalue weighted by molar-refractivity contribution is -0.148. The zero-order valence-electron chi connectivity index (χ0n) is 16.6. The number of benzene rings is 1. The minimum Gasteiger partial charge on any atom is -0.476 e. The van der Waals surface area contributed by atoms with Gasteiger partial charge in [0.2, 0.25) is 5.91 Å². The molecule has 160 valence electrons. The van der Waals surface area contributed by atoms with E-state index in [4.69, 9.17) is 16.3 Å². The van der Waals surface area contributed by atoms with Gasteiger partial charge < -0.3 is 10.1 Å². The van der Waals surface area contributed by atoms with Crippen LogP contribution in [0, 0.1) is 0 Å². The molecule has 10 heteroatoms. The molecule has 1 aromatic rings. The molecule has 0 bridgehead atoms. The molecule has 0 saturated carbocycles. The summed E-state index contributed by atoms with van der Waals surface area (Å²) in [7, 11) is 0. The van der Waals surface area contributed by atoms with Gasteiger partial charge in [-0.25, -0.2) is 0 Å². The van der Waals surface area contributed by atoms with E-state index in [2.05, 4.69) is 5.32 Å². The highest BCUT2D eigenvalue weighted by Crippen LogP contribution is 2.36. The molecule has 0 aliphatic carbocycles. The molecule has 0 fully saturated rings. The number of carbonyl (C=O) groups excluding carboxylic acids is 2. The number of thioether (sulfide) groups is 1. The third-order valence-electron chi connectivity index (χ3n) is 4.30. The Morgan fingerprint density at radius 3 is 2.48 bits per heavy atom. The lowest BCUT2D eigenvalue weighted by Crippen LogP contribution is -2.57. The van der Waals surface area contributed by atoms with Crippen molar-refractivity contribution in [3.63, 3.8) is 0 Å². The second kappa shape index (κ2) is 8.47. The maximum absolute atomic E-state index is 13.0. The van der Waals surface area contributed by atoms with E-state index in [0.29, 0.717) is 10.7 Å². The summed E-state index contributed by atoms with van der Waals surface area (Å²) in [4.78, 5) is 27.4. The summed E-state index contributed by atoms with van der Waals surface area (Å²) in [6.07, 6.45) is -4.58. The van der Waals surface area contributed by atoms with Gasteiger partial charge in [-0.2, -0.15) is 13.2 Å². The van der Waals surface area contributed by atoms with Crippen LogP contribution in [0.15, 0.2) is 28.9 Å². The molecule has 1 aliphatic heterocycles. The van der Waals surface area contributed by atoms with Crippen LogP contribution < -0.4 is 5.32 Å². The van der Waals surface area contributed by atoms with Gasteiger partial charge in [-0.15, -0.1) is 11.8 Å². The normalized spacial score (nSPS) is 15.7. The van der Waals surface area contributed by atoms with E-state index in [-0.39, 0.29) is 28.6 Å². The minimum absolute atomic E-state index is 0.0461. The molecule has 0 saturated heterocycles. The molecule has 1 N–H and O–H groups in total. The van der Waals surface area contributed by atoms with E-state index in [9.17, 15) is 22.8 Å². The predicted octanol–water partition coefficient (Wildman–Crippen LogP) is 5.27. The number of allylic oxidation sites excluding steroid dienone is 1. The zero-order valence-corrected chi connectivity index (χ0v) is 18.2. The lowest BCUT2D eigenvalue weighted by Gasteiger charge is -2.40. The third kappa shape index (κ3) is 5.19. The van der Waals surface area contributed by atoms with Crippen molar-refractivity contribution in [3.05, 3.63) is 39.4 Å². The van der Waals surface area contributed by atoms with Gasteiger partial charge in [-0.1, -0.05) is 25.4 Å². The Balaban J connectivity index is 2.28. The Morgan fingerprint density at radius 2 is 1.93 bits per heavy atom. The van der Waals surface area contributed by atoms with Gasteiger partial charge in [-0.3, -0.25) is 14.5 Å². The summed E-state index contributed by atoms with van der Waals surface area (Å²) in [6, 6.07) is 2.65. The predicted molar refractivity (Wildman–Crippen MR) is 107 cm³/mol. The van der Waals surface area contributed by atoms with Crippen LogP contribution in [-0.4, -0.2) is 34.2 Å². The van der Waals surface area contributed by atoms with Crippen LogP contribution >= 0.6 is 23.4 Å². The summed E-state index contributed by atoms with van der Waals surface area (Å²) in [5.74, 6) is -0.589. The quantitative estimate of drug-likeness (QED) is 0.664. The molecule has 1 aromatic carbocycles. The molecule has 1 aliphatic rings. The van der Waals surface area contributed by atoms with Crippen LogP contribution in [0.3, 0.4) is 0 Å². The summed E-state index contributed by atoms with van der Waals surface area (Å²) in [5.41, 5.74) is -2.53.